The maximum Gasteiger partial charge on any atom is 0.324 e. The Bertz CT molecular complexity index is 230. The molecule has 0 bridgehead atoms. The maximum absolute atomic E-state index is 11.2. The Balaban J connectivity index is 3.92. The Labute approximate surface area is 103 Å². The number of carbonyl (C=O) groups excluding carboxylic acids is 2. The molecule has 0 heterocycles. The lowest BCUT2D eigenvalue weighted by atomic mass is 10.3. The van der Waals surface area contributed by atoms with E-state index < -0.39 is 50.3 Å². The van der Waals surface area contributed by atoms with Gasteiger partial charge in [0, 0.05) is 0 Å². The zero-order chi connectivity index (χ0) is 14.0. The van der Waals surface area contributed by atoms with Crippen LogP contribution in [0.1, 0.15) is 0 Å². The van der Waals surface area contributed by atoms with Crippen LogP contribution in [0.2, 0.25) is 0 Å². The smallest absolute Gasteiger partial charge is 0.324 e. The number of aliphatic hydroxyl groups excluding tert-OH is 4. The molecule has 0 aromatic carbocycles. The van der Waals surface area contributed by atoms with E-state index in [1.807, 2.05) is 10.9 Å². The van der Waals surface area contributed by atoms with Crippen molar-refractivity contribution in [3.05, 3.63) is 0 Å². The maximum atomic E-state index is 11.2. The zero-order valence-electron chi connectivity index (χ0n) is 9.59. The molecule has 0 unspecified atom stereocenters. The van der Waals surface area contributed by atoms with Gasteiger partial charge in [0.15, 0.2) is 0 Å². The van der Waals surface area contributed by atoms with Crippen LogP contribution in [0.15, 0.2) is 0 Å². The van der Waals surface area contributed by atoms with Crippen molar-refractivity contribution in [2.45, 2.75) is 12.1 Å². The number of hydrazine groups is 2. The lowest BCUT2D eigenvalue weighted by Crippen LogP contribution is -2.56. The molecule has 0 spiro atoms. The third kappa shape index (κ3) is 6.44. The van der Waals surface area contributed by atoms with Gasteiger partial charge in [0.25, 0.3) is 0 Å². The van der Waals surface area contributed by atoms with Crippen LogP contribution < -0.4 is 21.7 Å². The molecule has 0 radical (unpaired) electrons. The molecule has 10 nitrogen and oxygen atoms in total. The summed E-state index contributed by atoms with van der Waals surface area (Å²) >= 11 is 0. The van der Waals surface area contributed by atoms with Gasteiger partial charge in [-0.1, -0.05) is 0 Å². The van der Waals surface area contributed by atoms with Crippen LogP contribution in [0, 0.1) is 0 Å². The molecule has 0 aliphatic heterocycles. The first kappa shape index (κ1) is 16.7. The van der Waals surface area contributed by atoms with Crippen LogP contribution in [0.3, 0.4) is 0 Å². The van der Waals surface area contributed by atoms with Gasteiger partial charge < -0.3 is 20.4 Å². The summed E-state index contributed by atoms with van der Waals surface area (Å²) in [6.07, 6.45) is 0. The number of amides is 2. The molecule has 0 fully saturated rings. The van der Waals surface area contributed by atoms with Crippen molar-refractivity contribution in [2.75, 3.05) is 26.4 Å². The largest absolute Gasteiger partial charge is 0.395 e. The number of aliphatic hydroxyl groups is 4. The predicted octanol–water partition coefficient (Wildman–Crippen LogP) is -5.07. The molecule has 18 heavy (non-hydrogen) atoms. The summed E-state index contributed by atoms with van der Waals surface area (Å²) in [6.45, 7) is -1.69. The van der Waals surface area contributed by atoms with E-state index >= 15 is 0 Å². The highest BCUT2D eigenvalue weighted by Crippen LogP contribution is 1.77. The SMILES string of the molecule is O=C(NNC(CO)CO)C(=O)NNC(CO)CO. The third-order valence-corrected chi connectivity index (χ3v) is 1.87. The van der Waals surface area contributed by atoms with Gasteiger partial charge in [-0.3, -0.25) is 20.4 Å². The van der Waals surface area contributed by atoms with E-state index in [0.717, 1.165) is 0 Å². The minimum absolute atomic E-state index is 0.423. The number of rotatable bonds is 8. The first-order valence-corrected chi connectivity index (χ1v) is 5.13. The third-order valence-electron chi connectivity index (χ3n) is 1.87. The van der Waals surface area contributed by atoms with Gasteiger partial charge in [-0.15, -0.1) is 0 Å². The van der Waals surface area contributed by atoms with Gasteiger partial charge in [-0.25, -0.2) is 10.9 Å². The molecule has 2 amide bonds. The van der Waals surface area contributed by atoms with E-state index in [-0.39, 0.29) is 0 Å². The van der Waals surface area contributed by atoms with Gasteiger partial charge >= 0.3 is 11.8 Å². The summed E-state index contributed by atoms with van der Waals surface area (Å²) in [5.74, 6) is -2.13. The van der Waals surface area contributed by atoms with Crippen molar-refractivity contribution in [2.24, 2.45) is 0 Å². The van der Waals surface area contributed by atoms with Crippen LogP contribution >= 0.6 is 0 Å². The number of hydrogen-bond donors (Lipinski definition) is 8. The zero-order valence-corrected chi connectivity index (χ0v) is 9.59. The van der Waals surface area contributed by atoms with Gasteiger partial charge in [0.1, 0.15) is 0 Å². The minimum atomic E-state index is -1.07. The molecule has 8 N–H and O–H groups in total. The second-order valence-corrected chi connectivity index (χ2v) is 3.32. The van der Waals surface area contributed by atoms with E-state index in [4.69, 9.17) is 20.4 Å². The highest BCUT2D eigenvalue weighted by molar-refractivity contribution is 6.34. The fourth-order valence-electron chi connectivity index (χ4n) is 0.747. The quantitative estimate of drug-likeness (QED) is 0.160. The van der Waals surface area contributed by atoms with Crippen LogP contribution in [-0.2, 0) is 9.59 Å². The number of carbonyl (C=O) groups is 2. The Hall–Kier alpha value is -1.30. The van der Waals surface area contributed by atoms with Gasteiger partial charge in [-0.05, 0) is 0 Å². The fourth-order valence-corrected chi connectivity index (χ4v) is 0.747. The van der Waals surface area contributed by atoms with Crippen molar-refractivity contribution in [3.8, 4) is 0 Å². The van der Waals surface area contributed by atoms with E-state index in [1.165, 1.54) is 0 Å². The summed E-state index contributed by atoms with van der Waals surface area (Å²) in [6, 6.07) is -1.56. The first-order chi connectivity index (χ1) is 8.58. The molecule has 0 aromatic rings. The summed E-state index contributed by atoms with van der Waals surface area (Å²) in [7, 11) is 0. The highest BCUT2D eigenvalue weighted by atomic mass is 16.3. The fraction of sp³-hybridized carbons (Fsp3) is 0.750. The molecule has 0 aliphatic carbocycles. The molecule has 0 atom stereocenters. The minimum Gasteiger partial charge on any atom is -0.395 e. The van der Waals surface area contributed by atoms with E-state index in [9.17, 15) is 9.59 Å². The van der Waals surface area contributed by atoms with Crippen molar-refractivity contribution < 1.29 is 30.0 Å². The van der Waals surface area contributed by atoms with Crippen molar-refractivity contribution in [3.63, 3.8) is 0 Å². The van der Waals surface area contributed by atoms with Gasteiger partial charge in [0.05, 0.1) is 38.5 Å². The lowest BCUT2D eigenvalue weighted by molar-refractivity contribution is -0.140. The topological polar surface area (TPSA) is 163 Å². The molecule has 0 aliphatic rings. The van der Waals surface area contributed by atoms with Crippen molar-refractivity contribution >= 4 is 11.8 Å². The number of nitrogens with one attached hydrogen (secondary N) is 4. The summed E-state index contributed by atoms with van der Waals surface area (Å²) in [5, 5.41) is 34.7. The molecular formula is C8H18N4O6. The first-order valence-electron chi connectivity index (χ1n) is 5.13. The average Bonchev–Trinajstić information content (AvgIpc) is 2.40. The predicted molar refractivity (Wildman–Crippen MR) is 58.5 cm³/mol. The highest BCUT2D eigenvalue weighted by Gasteiger charge is 2.16. The Morgan fingerprint density at radius 1 is 0.722 bits per heavy atom. The second kappa shape index (κ2) is 9.70. The number of hydrogen-bond acceptors (Lipinski definition) is 8. The van der Waals surface area contributed by atoms with Crippen LogP contribution in [-0.4, -0.2) is 70.8 Å². The Morgan fingerprint density at radius 3 is 1.22 bits per heavy atom. The monoisotopic (exact) mass is 266 g/mol. The molecule has 0 rings (SSSR count). The second-order valence-electron chi connectivity index (χ2n) is 3.32. The molecule has 106 valence electrons. The molecular weight excluding hydrogens is 248 g/mol. The van der Waals surface area contributed by atoms with Crippen molar-refractivity contribution in [1.29, 1.82) is 0 Å². The Morgan fingerprint density at radius 2 is 1.00 bits per heavy atom. The standard InChI is InChI=1S/C8H18N4O6/c13-1-5(2-14)9-11-7(17)8(18)12-10-6(3-15)4-16/h5-6,9-10,13-16H,1-4H2,(H,11,17)(H,12,18). The molecule has 0 aromatic heterocycles. The van der Waals surface area contributed by atoms with E-state index in [0.29, 0.717) is 0 Å². The van der Waals surface area contributed by atoms with Gasteiger partial charge in [0.2, 0.25) is 0 Å². The molecule has 0 saturated heterocycles. The van der Waals surface area contributed by atoms with Crippen LogP contribution in [0.25, 0.3) is 0 Å². The molecule has 10 heteroatoms. The van der Waals surface area contributed by atoms with E-state index in [2.05, 4.69) is 10.9 Å². The normalized spacial score (nSPS) is 10.8. The summed E-state index contributed by atoms with van der Waals surface area (Å²) in [4.78, 5) is 22.3. The average molecular weight is 266 g/mol. The van der Waals surface area contributed by atoms with Gasteiger partial charge in [-0.2, -0.15) is 0 Å². The van der Waals surface area contributed by atoms with Crippen LogP contribution in [0.4, 0.5) is 0 Å². The van der Waals surface area contributed by atoms with Crippen LogP contribution in [0.5, 0.6) is 0 Å². The summed E-state index contributed by atoms with van der Waals surface area (Å²) < 4.78 is 0. The van der Waals surface area contributed by atoms with Crippen molar-refractivity contribution in [1.82, 2.24) is 21.7 Å². The van der Waals surface area contributed by atoms with E-state index in [1.54, 1.807) is 0 Å². The Kier molecular flexibility index (Phi) is 9.00. The molecule has 0 saturated carbocycles. The summed E-state index contributed by atoms with van der Waals surface area (Å²) in [5.41, 5.74) is 8.37. The lowest BCUT2D eigenvalue weighted by Gasteiger charge is -2.16.